The first-order valence-corrected chi connectivity index (χ1v) is 12.1. The van der Waals surface area contributed by atoms with Gasteiger partial charge in [-0.1, -0.05) is 36.4 Å². The highest BCUT2D eigenvalue weighted by Gasteiger charge is 2.20. The lowest BCUT2D eigenvalue weighted by Gasteiger charge is -2.26. The van der Waals surface area contributed by atoms with E-state index in [9.17, 15) is 5.11 Å². The molecule has 2 aromatic carbocycles. The van der Waals surface area contributed by atoms with Crippen LogP contribution in [-0.4, -0.2) is 32.2 Å². The number of aryl methyl sites for hydroxylation is 1. The lowest BCUT2D eigenvalue weighted by Crippen LogP contribution is -2.29. The van der Waals surface area contributed by atoms with Crippen LogP contribution in [0.4, 0.5) is 5.95 Å². The summed E-state index contributed by atoms with van der Waals surface area (Å²) < 4.78 is 1.22. The Morgan fingerprint density at radius 1 is 0.906 bits per heavy atom. The molecule has 1 aliphatic carbocycles. The maximum Gasteiger partial charge on any atom is 0.223 e. The van der Waals surface area contributed by atoms with Crippen LogP contribution in [0, 0.1) is 6.92 Å². The zero-order valence-corrected chi connectivity index (χ0v) is 19.1. The summed E-state index contributed by atoms with van der Waals surface area (Å²) in [4.78, 5) is 14.5. The molecular formula is C26H28N4OS. The number of benzene rings is 2. The van der Waals surface area contributed by atoms with Gasteiger partial charge in [-0.05, 0) is 61.9 Å². The van der Waals surface area contributed by atoms with Crippen LogP contribution >= 0.6 is 11.3 Å². The molecule has 1 aliphatic rings. The van der Waals surface area contributed by atoms with Crippen molar-refractivity contribution in [1.82, 2.24) is 15.0 Å². The molecule has 32 heavy (non-hydrogen) atoms. The van der Waals surface area contributed by atoms with Gasteiger partial charge in [0.2, 0.25) is 5.95 Å². The fourth-order valence-electron chi connectivity index (χ4n) is 4.32. The number of anilines is 1. The van der Waals surface area contributed by atoms with E-state index in [4.69, 9.17) is 15.0 Å². The van der Waals surface area contributed by atoms with Crippen LogP contribution in [0.25, 0.3) is 10.2 Å². The summed E-state index contributed by atoms with van der Waals surface area (Å²) in [5, 5.41) is 14.4. The molecule has 0 amide bonds. The van der Waals surface area contributed by atoms with Crippen molar-refractivity contribution in [2.24, 2.45) is 0 Å². The predicted molar refractivity (Wildman–Crippen MR) is 130 cm³/mol. The van der Waals surface area contributed by atoms with E-state index >= 15 is 0 Å². The Bertz CT molecular complexity index is 1200. The van der Waals surface area contributed by atoms with Gasteiger partial charge in [0.15, 0.2) is 0 Å². The highest BCUT2D eigenvalue weighted by atomic mass is 32.1. The Kier molecular flexibility index (Phi) is 6.14. The van der Waals surface area contributed by atoms with E-state index in [1.54, 1.807) is 11.3 Å². The molecule has 1 fully saturated rings. The Hall–Kier alpha value is -2.83. The van der Waals surface area contributed by atoms with Crippen molar-refractivity contribution < 1.29 is 5.11 Å². The first kappa shape index (κ1) is 21.0. The molecule has 0 unspecified atom stereocenters. The maximum absolute atomic E-state index is 9.82. The molecule has 5 rings (SSSR count). The molecule has 2 N–H and O–H groups in total. The van der Waals surface area contributed by atoms with Crippen molar-refractivity contribution >= 4 is 27.5 Å². The van der Waals surface area contributed by atoms with Gasteiger partial charge in [0.25, 0.3) is 0 Å². The van der Waals surface area contributed by atoms with Gasteiger partial charge in [-0.25, -0.2) is 15.0 Å². The summed E-state index contributed by atoms with van der Waals surface area (Å²) in [6.07, 6.45) is 4.85. The van der Waals surface area contributed by atoms with E-state index in [1.165, 1.54) is 15.8 Å². The Labute approximate surface area is 192 Å². The largest absolute Gasteiger partial charge is 0.393 e. The first-order valence-electron chi connectivity index (χ1n) is 11.3. The Balaban J connectivity index is 1.42. The van der Waals surface area contributed by atoms with E-state index in [-0.39, 0.29) is 6.10 Å². The molecule has 5 nitrogen and oxygen atoms in total. The number of nitrogens with zero attached hydrogens (tertiary/aromatic N) is 3. The monoisotopic (exact) mass is 444 g/mol. The molecule has 2 heterocycles. The molecule has 2 aromatic heterocycles. The quantitative estimate of drug-likeness (QED) is 0.423. The van der Waals surface area contributed by atoms with Gasteiger partial charge < -0.3 is 10.4 Å². The fourth-order valence-corrected chi connectivity index (χ4v) is 5.40. The normalized spacial score (nSPS) is 18.7. The molecule has 0 atom stereocenters. The number of thiazole rings is 1. The first-order chi connectivity index (χ1) is 15.6. The van der Waals surface area contributed by atoms with Crippen LogP contribution in [0.15, 0.2) is 54.6 Å². The topological polar surface area (TPSA) is 70.9 Å². The number of aromatic nitrogens is 3. The number of nitrogens with one attached hydrogen (secondary N) is 1. The van der Waals surface area contributed by atoms with Gasteiger partial charge in [0, 0.05) is 18.9 Å². The third kappa shape index (κ3) is 5.14. The zero-order chi connectivity index (χ0) is 21.9. The number of fused-ring (bicyclic) bond motifs is 1. The van der Waals surface area contributed by atoms with Gasteiger partial charge in [0.05, 0.1) is 32.7 Å². The van der Waals surface area contributed by atoms with E-state index in [0.29, 0.717) is 18.4 Å². The second kappa shape index (κ2) is 9.35. The molecule has 164 valence electrons. The van der Waals surface area contributed by atoms with Gasteiger partial charge in [0.1, 0.15) is 0 Å². The summed E-state index contributed by atoms with van der Waals surface area (Å²) >= 11 is 1.74. The van der Waals surface area contributed by atoms with Gasteiger partial charge in [-0.15, -0.1) is 11.3 Å². The minimum atomic E-state index is -0.170. The number of hydrogen-bond acceptors (Lipinski definition) is 6. The molecule has 0 saturated heterocycles. The summed E-state index contributed by atoms with van der Waals surface area (Å²) in [6, 6.07) is 19.2. The van der Waals surface area contributed by atoms with E-state index in [1.807, 2.05) is 6.07 Å². The lowest BCUT2D eigenvalue weighted by atomic mass is 9.93. The predicted octanol–water partition coefficient (Wildman–Crippen LogP) is 5.29. The Morgan fingerprint density at radius 2 is 1.66 bits per heavy atom. The van der Waals surface area contributed by atoms with Crippen LogP contribution in [0.1, 0.15) is 53.2 Å². The molecule has 0 radical (unpaired) electrons. The second-order valence-electron chi connectivity index (χ2n) is 8.74. The summed E-state index contributed by atoms with van der Waals surface area (Å²) in [7, 11) is 0. The lowest BCUT2D eigenvalue weighted by molar-refractivity contribution is 0.126. The molecule has 4 aromatic rings. The summed E-state index contributed by atoms with van der Waals surface area (Å²) in [5.74, 6) is 0.687. The molecular weight excluding hydrogens is 416 g/mol. The van der Waals surface area contributed by atoms with E-state index < -0.39 is 0 Å². The third-order valence-electron chi connectivity index (χ3n) is 6.01. The SMILES string of the molecule is Cc1ccc2nc(Cc3cc(Cc4ccccc4)nc(NC4CCC(O)CC4)n3)sc2c1. The van der Waals surface area contributed by atoms with Crippen molar-refractivity contribution in [3.8, 4) is 0 Å². The maximum atomic E-state index is 9.82. The average Bonchev–Trinajstić information content (AvgIpc) is 3.17. The Morgan fingerprint density at radius 3 is 2.44 bits per heavy atom. The minimum Gasteiger partial charge on any atom is -0.393 e. The third-order valence-corrected chi connectivity index (χ3v) is 7.03. The van der Waals surface area contributed by atoms with Gasteiger partial charge in [-0.3, -0.25) is 0 Å². The van der Waals surface area contributed by atoms with Crippen molar-refractivity contribution in [3.63, 3.8) is 0 Å². The molecule has 0 spiro atoms. The minimum absolute atomic E-state index is 0.170. The van der Waals surface area contributed by atoms with Crippen molar-refractivity contribution in [3.05, 3.63) is 82.1 Å². The fraction of sp³-hybridized carbons (Fsp3) is 0.346. The van der Waals surface area contributed by atoms with Crippen LogP contribution < -0.4 is 5.32 Å². The van der Waals surface area contributed by atoms with E-state index in [0.717, 1.165) is 54.0 Å². The smallest absolute Gasteiger partial charge is 0.223 e. The van der Waals surface area contributed by atoms with Crippen molar-refractivity contribution in [2.75, 3.05) is 5.32 Å². The molecule has 6 heteroatoms. The van der Waals surface area contributed by atoms with Crippen molar-refractivity contribution in [2.45, 2.75) is 57.6 Å². The highest BCUT2D eigenvalue weighted by molar-refractivity contribution is 7.18. The summed E-state index contributed by atoms with van der Waals surface area (Å²) in [5.41, 5.74) is 5.54. The number of rotatable bonds is 6. The van der Waals surface area contributed by atoms with Crippen molar-refractivity contribution in [1.29, 1.82) is 0 Å². The van der Waals surface area contributed by atoms with Crippen LogP contribution in [-0.2, 0) is 12.8 Å². The molecule has 0 bridgehead atoms. The van der Waals surface area contributed by atoms with Gasteiger partial charge >= 0.3 is 0 Å². The van der Waals surface area contributed by atoms with Crippen LogP contribution in [0.2, 0.25) is 0 Å². The second-order valence-corrected chi connectivity index (χ2v) is 9.86. The van der Waals surface area contributed by atoms with Crippen LogP contribution in [0.5, 0.6) is 0 Å². The molecule has 1 saturated carbocycles. The standard InChI is InChI=1S/C26H28N4OS/c1-17-7-12-23-24(13-17)32-25(30-23)16-21-15-20(14-18-5-3-2-4-6-18)28-26(29-21)27-19-8-10-22(31)11-9-19/h2-7,12-13,15,19,22,31H,8-11,14,16H2,1H3,(H,27,28,29). The van der Waals surface area contributed by atoms with Gasteiger partial charge in [-0.2, -0.15) is 0 Å². The number of aliphatic hydroxyl groups is 1. The average molecular weight is 445 g/mol. The van der Waals surface area contributed by atoms with E-state index in [2.05, 4.69) is 60.8 Å². The molecule has 0 aliphatic heterocycles. The number of aliphatic hydroxyl groups excluding tert-OH is 1. The summed E-state index contributed by atoms with van der Waals surface area (Å²) in [6.45, 7) is 2.11. The van der Waals surface area contributed by atoms with Crippen LogP contribution in [0.3, 0.4) is 0 Å². The zero-order valence-electron chi connectivity index (χ0n) is 18.3. The number of hydrogen-bond donors (Lipinski definition) is 2. The highest BCUT2D eigenvalue weighted by Crippen LogP contribution is 2.26.